The Balaban J connectivity index is 1.55. The maximum atomic E-state index is 5.96. The molecule has 3 heteroatoms. The molecule has 1 saturated heterocycles. The van der Waals surface area contributed by atoms with E-state index in [-0.39, 0.29) is 0 Å². The van der Waals surface area contributed by atoms with Gasteiger partial charge < -0.3 is 10.5 Å². The van der Waals surface area contributed by atoms with Crippen LogP contribution in [0.2, 0.25) is 0 Å². The first-order valence-corrected chi connectivity index (χ1v) is 8.45. The second-order valence-corrected chi connectivity index (χ2v) is 6.65. The Kier molecular flexibility index (Phi) is 4.81. The number of morpholine rings is 1. The Morgan fingerprint density at radius 1 is 1.24 bits per heavy atom. The molecule has 2 N–H and O–H groups in total. The number of ether oxygens (including phenoxy) is 1. The standard InChI is InChI=1S/C18H28N2O/c1-14(15-6-8-16(19)9-7-15)10-11-20-12-13-21-18-5-3-2-4-17(18)20/h6-9,14,17-18H,2-5,10-13,19H2,1H3. The number of nitrogens with zero attached hydrogens (tertiary/aromatic N) is 1. The predicted molar refractivity (Wildman–Crippen MR) is 87.5 cm³/mol. The number of anilines is 1. The lowest BCUT2D eigenvalue weighted by atomic mass is 9.89. The van der Waals surface area contributed by atoms with Crippen molar-refractivity contribution in [3.05, 3.63) is 29.8 Å². The zero-order chi connectivity index (χ0) is 14.7. The van der Waals surface area contributed by atoms with Crippen molar-refractivity contribution in [3.63, 3.8) is 0 Å². The average molecular weight is 288 g/mol. The highest BCUT2D eigenvalue weighted by Gasteiger charge is 2.33. The number of hydrogen-bond donors (Lipinski definition) is 1. The van der Waals surface area contributed by atoms with Gasteiger partial charge in [0.05, 0.1) is 12.7 Å². The SMILES string of the molecule is CC(CCN1CCOC2CCCCC21)c1ccc(N)cc1. The molecule has 1 aromatic rings. The maximum absolute atomic E-state index is 5.96. The molecule has 3 unspecified atom stereocenters. The number of nitrogens with two attached hydrogens (primary N) is 1. The van der Waals surface area contributed by atoms with Crippen LogP contribution < -0.4 is 5.73 Å². The van der Waals surface area contributed by atoms with Crippen molar-refractivity contribution in [2.24, 2.45) is 0 Å². The van der Waals surface area contributed by atoms with Crippen LogP contribution in [0.1, 0.15) is 50.5 Å². The summed E-state index contributed by atoms with van der Waals surface area (Å²) in [5.74, 6) is 0.593. The second kappa shape index (κ2) is 6.80. The minimum Gasteiger partial charge on any atom is -0.399 e. The third kappa shape index (κ3) is 3.58. The molecule has 1 heterocycles. The summed E-state index contributed by atoms with van der Waals surface area (Å²) >= 11 is 0. The fraction of sp³-hybridized carbons (Fsp3) is 0.667. The van der Waals surface area contributed by atoms with Crippen molar-refractivity contribution in [3.8, 4) is 0 Å². The minimum atomic E-state index is 0.499. The monoisotopic (exact) mass is 288 g/mol. The van der Waals surface area contributed by atoms with E-state index in [1.165, 1.54) is 44.2 Å². The lowest BCUT2D eigenvalue weighted by Gasteiger charge is -2.44. The van der Waals surface area contributed by atoms with Gasteiger partial charge in [0.1, 0.15) is 0 Å². The molecule has 1 saturated carbocycles. The van der Waals surface area contributed by atoms with Crippen LogP contribution in [0.4, 0.5) is 5.69 Å². The molecule has 21 heavy (non-hydrogen) atoms. The Morgan fingerprint density at radius 2 is 2.00 bits per heavy atom. The lowest BCUT2D eigenvalue weighted by Crippen LogP contribution is -2.52. The van der Waals surface area contributed by atoms with Gasteiger partial charge in [0.25, 0.3) is 0 Å². The van der Waals surface area contributed by atoms with E-state index < -0.39 is 0 Å². The number of nitrogen functional groups attached to an aromatic ring is 1. The minimum absolute atomic E-state index is 0.499. The Hall–Kier alpha value is -1.06. The van der Waals surface area contributed by atoms with Gasteiger partial charge in [-0.2, -0.15) is 0 Å². The summed E-state index contributed by atoms with van der Waals surface area (Å²) in [6.45, 7) is 5.54. The number of benzene rings is 1. The molecule has 3 rings (SSSR count). The highest BCUT2D eigenvalue weighted by molar-refractivity contribution is 5.40. The van der Waals surface area contributed by atoms with Crippen LogP contribution in [0, 0.1) is 0 Å². The van der Waals surface area contributed by atoms with E-state index in [1.54, 1.807) is 0 Å². The summed E-state index contributed by atoms with van der Waals surface area (Å²) in [7, 11) is 0. The fourth-order valence-corrected chi connectivity index (χ4v) is 3.80. The molecule has 0 bridgehead atoms. The highest BCUT2D eigenvalue weighted by atomic mass is 16.5. The third-order valence-corrected chi connectivity index (χ3v) is 5.20. The van der Waals surface area contributed by atoms with Crippen molar-refractivity contribution in [1.82, 2.24) is 4.90 Å². The predicted octanol–water partition coefficient (Wildman–Crippen LogP) is 3.41. The van der Waals surface area contributed by atoms with E-state index in [2.05, 4.69) is 24.0 Å². The van der Waals surface area contributed by atoms with Gasteiger partial charge in [0.15, 0.2) is 0 Å². The van der Waals surface area contributed by atoms with Crippen molar-refractivity contribution in [2.45, 2.75) is 57.1 Å². The zero-order valence-corrected chi connectivity index (χ0v) is 13.1. The summed E-state index contributed by atoms with van der Waals surface area (Å²) in [5.41, 5.74) is 8.02. The smallest absolute Gasteiger partial charge is 0.0730 e. The van der Waals surface area contributed by atoms with Crippen LogP contribution in [-0.4, -0.2) is 36.7 Å². The van der Waals surface area contributed by atoms with Crippen molar-refractivity contribution in [2.75, 3.05) is 25.4 Å². The van der Waals surface area contributed by atoms with Crippen molar-refractivity contribution < 1.29 is 4.74 Å². The Morgan fingerprint density at radius 3 is 2.81 bits per heavy atom. The maximum Gasteiger partial charge on any atom is 0.0730 e. The molecular formula is C18H28N2O. The van der Waals surface area contributed by atoms with E-state index in [4.69, 9.17) is 10.5 Å². The summed E-state index contributed by atoms with van der Waals surface area (Å²) in [5, 5.41) is 0. The van der Waals surface area contributed by atoms with Crippen LogP contribution in [0.25, 0.3) is 0 Å². The molecule has 0 aromatic heterocycles. The summed E-state index contributed by atoms with van der Waals surface area (Å²) < 4.78 is 5.96. The first-order valence-electron chi connectivity index (χ1n) is 8.45. The van der Waals surface area contributed by atoms with Crippen LogP contribution >= 0.6 is 0 Å². The summed E-state index contributed by atoms with van der Waals surface area (Å²) in [6.07, 6.45) is 7.01. The van der Waals surface area contributed by atoms with Crippen molar-refractivity contribution in [1.29, 1.82) is 0 Å². The topological polar surface area (TPSA) is 38.5 Å². The Bertz CT molecular complexity index is 443. The molecular weight excluding hydrogens is 260 g/mol. The highest BCUT2D eigenvalue weighted by Crippen LogP contribution is 2.29. The van der Waals surface area contributed by atoms with Gasteiger partial charge in [0, 0.05) is 18.3 Å². The molecule has 1 aliphatic carbocycles. The molecule has 1 aromatic carbocycles. The quantitative estimate of drug-likeness (QED) is 0.863. The van der Waals surface area contributed by atoms with E-state index in [0.29, 0.717) is 18.1 Å². The van der Waals surface area contributed by atoms with Crippen LogP contribution in [0.5, 0.6) is 0 Å². The van der Waals surface area contributed by atoms with E-state index in [1.807, 2.05) is 12.1 Å². The van der Waals surface area contributed by atoms with Gasteiger partial charge in [-0.15, -0.1) is 0 Å². The van der Waals surface area contributed by atoms with E-state index >= 15 is 0 Å². The number of hydrogen-bond acceptors (Lipinski definition) is 3. The average Bonchev–Trinajstić information content (AvgIpc) is 2.53. The lowest BCUT2D eigenvalue weighted by molar-refractivity contribution is -0.0884. The van der Waals surface area contributed by atoms with Gasteiger partial charge in [-0.05, 0) is 49.4 Å². The molecule has 0 spiro atoms. The number of fused-ring (bicyclic) bond motifs is 1. The van der Waals surface area contributed by atoms with Gasteiger partial charge in [0.2, 0.25) is 0 Å². The fourth-order valence-electron chi connectivity index (χ4n) is 3.80. The third-order valence-electron chi connectivity index (χ3n) is 5.20. The summed E-state index contributed by atoms with van der Waals surface area (Å²) in [6, 6.07) is 9.03. The Labute approximate surface area is 128 Å². The van der Waals surface area contributed by atoms with Crippen LogP contribution in [0.3, 0.4) is 0 Å². The van der Waals surface area contributed by atoms with E-state index in [9.17, 15) is 0 Å². The van der Waals surface area contributed by atoms with Crippen molar-refractivity contribution >= 4 is 5.69 Å². The molecule has 0 radical (unpaired) electrons. The molecule has 3 atom stereocenters. The van der Waals surface area contributed by atoms with Gasteiger partial charge >= 0.3 is 0 Å². The summed E-state index contributed by atoms with van der Waals surface area (Å²) in [4.78, 5) is 2.68. The molecule has 2 aliphatic rings. The largest absolute Gasteiger partial charge is 0.399 e. The first kappa shape index (κ1) is 14.9. The van der Waals surface area contributed by atoms with Gasteiger partial charge in [-0.1, -0.05) is 31.9 Å². The molecule has 1 aliphatic heterocycles. The molecule has 3 nitrogen and oxygen atoms in total. The molecule has 0 amide bonds. The van der Waals surface area contributed by atoms with Crippen LogP contribution in [0.15, 0.2) is 24.3 Å². The normalized spacial score (nSPS) is 28.0. The first-order chi connectivity index (χ1) is 10.2. The zero-order valence-electron chi connectivity index (χ0n) is 13.1. The molecule has 2 fully saturated rings. The second-order valence-electron chi connectivity index (χ2n) is 6.65. The van der Waals surface area contributed by atoms with Crippen LogP contribution in [-0.2, 0) is 4.74 Å². The molecule has 116 valence electrons. The van der Waals surface area contributed by atoms with Gasteiger partial charge in [-0.3, -0.25) is 4.90 Å². The van der Waals surface area contributed by atoms with Gasteiger partial charge in [-0.25, -0.2) is 0 Å². The number of rotatable bonds is 4. The van der Waals surface area contributed by atoms with E-state index in [0.717, 1.165) is 18.8 Å².